The van der Waals surface area contributed by atoms with E-state index in [-0.39, 0.29) is 6.42 Å². The Balaban J connectivity index is 2.82. The molecule has 0 aromatic rings. The number of aliphatic carboxylic acids is 1. The molecule has 66 valence electrons. The maximum atomic E-state index is 10.7. The number of ether oxygens (including phenoxy) is 1. The van der Waals surface area contributed by atoms with Gasteiger partial charge >= 0.3 is 5.97 Å². The van der Waals surface area contributed by atoms with E-state index in [0.717, 1.165) is 0 Å². The van der Waals surface area contributed by atoms with Gasteiger partial charge in [0, 0.05) is 6.42 Å². The normalized spacial score (nSPS) is 28.0. The van der Waals surface area contributed by atoms with Crippen molar-refractivity contribution in [2.45, 2.75) is 12.0 Å². The third-order valence-electron chi connectivity index (χ3n) is 1.80. The minimum atomic E-state index is -1.31. The number of hydrogen-bond acceptors (Lipinski definition) is 3. The predicted molar refractivity (Wildman–Crippen MR) is 43.4 cm³/mol. The van der Waals surface area contributed by atoms with Gasteiger partial charge in [-0.15, -0.1) is 0 Å². The fraction of sp³-hybridized carbons (Fsp3) is 0.375. The van der Waals surface area contributed by atoms with Gasteiger partial charge in [-0.25, -0.2) is 4.79 Å². The van der Waals surface area contributed by atoms with E-state index in [1.54, 1.807) is 12.2 Å². The lowest BCUT2D eigenvalue weighted by Crippen LogP contribution is -2.47. The molecule has 1 rings (SSSR count). The first kappa shape index (κ1) is 8.80. The van der Waals surface area contributed by atoms with Gasteiger partial charge in [-0.3, -0.25) is 0 Å². The summed E-state index contributed by atoms with van der Waals surface area (Å²) < 4.78 is 4.90. The number of carboxylic acid groups (broad SMARTS) is 1. The number of carboxylic acids is 1. The molecular weight excluding hydrogens is 158 g/mol. The molecule has 12 heavy (non-hydrogen) atoms. The summed E-state index contributed by atoms with van der Waals surface area (Å²) in [6, 6.07) is 0. The number of nitrogens with two attached hydrogens (primary N) is 1. The van der Waals surface area contributed by atoms with Crippen LogP contribution in [0, 0.1) is 0 Å². The number of rotatable bonds is 2. The SMILES string of the molecule is COC1=CC=CC(N)(C(=O)O)C1. The van der Waals surface area contributed by atoms with Crippen LogP contribution in [-0.4, -0.2) is 23.7 Å². The molecule has 0 aromatic heterocycles. The fourth-order valence-electron chi connectivity index (χ4n) is 1.02. The highest BCUT2D eigenvalue weighted by Gasteiger charge is 2.33. The second-order valence-corrected chi connectivity index (χ2v) is 2.72. The van der Waals surface area contributed by atoms with Crippen LogP contribution in [0.1, 0.15) is 6.42 Å². The third kappa shape index (κ3) is 1.48. The van der Waals surface area contributed by atoms with Gasteiger partial charge in [-0.2, -0.15) is 0 Å². The van der Waals surface area contributed by atoms with Gasteiger partial charge in [0.15, 0.2) is 0 Å². The molecule has 0 saturated heterocycles. The molecule has 0 aliphatic heterocycles. The van der Waals surface area contributed by atoms with E-state index >= 15 is 0 Å². The zero-order valence-corrected chi connectivity index (χ0v) is 6.78. The van der Waals surface area contributed by atoms with Crippen molar-refractivity contribution in [2.75, 3.05) is 7.11 Å². The van der Waals surface area contributed by atoms with E-state index in [9.17, 15) is 4.79 Å². The molecule has 0 heterocycles. The summed E-state index contributed by atoms with van der Waals surface area (Å²) in [5.74, 6) is -0.455. The molecule has 0 amide bonds. The molecule has 0 bridgehead atoms. The maximum Gasteiger partial charge on any atom is 0.328 e. The molecule has 0 radical (unpaired) electrons. The monoisotopic (exact) mass is 169 g/mol. The molecule has 0 aromatic carbocycles. The molecule has 0 saturated carbocycles. The largest absolute Gasteiger partial charge is 0.501 e. The van der Waals surface area contributed by atoms with Crippen molar-refractivity contribution < 1.29 is 14.6 Å². The molecule has 4 nitrogen and oxygen atoms in total. The highest BCUT2D eigenvalue weighted by atomic mass is 16.5. The number of carbonyl (C=O) groups is 1. The Morgan fingerprint density at radius 1 is 1.83 bits per heavy atom. The van der Waals surface area contributed by atoms with Crippen molar-refractivity contribution in [2.24, 2.45) is 5.73 Å². The minimum Gasteiger partial charge on any atom is -0.501 e. The van der Waals surface area contributed by atoms with Gasteiger partial charge in [-0.05, 0) is 6.08 Å². The van der Waals surface area contributed by atoms with Crippen molar-refractivity contribution in [3.63, 3.8) is 0 Å². The van der Waals surface area contributed by atoms with Gasteiger partial charge in [0.2, 0.25) is 0 Å². The average Bonchev–Trinajstić information content (AvgIpc) is 2.04. The fourth-order valence-corrected chi connectivity index (χ4v) is 1.02. The van der Waals surface area contributed by atoms with Crippen molar-refractivity contribution in [1.82, 2.24) is 0 Å². The van der Waals surface area contributed by atoms with Crippen LogP contribution in [0.2, 0.25) is 0 Å². The molecular formula is C8H11NO3. The van der Waals surface area contributed by atoms with Crippen molar-refractivity contribution in [1.29, 1.82) is 0 Å². The van der Waals surface area contributed by atoms with Crippen LogP contribution in [0.15, 0.2) is 24.0 Å². The van der Waals surface area contributed by atoms with Crippen LogP contribution >= 0.6 is 0 Å². The molecule has 0 fully saturated rings. The van der Waals surface area contributed by atoms with E-state index in [2.05, 4.69) is 0 Å². The molecule has 1 atom stereocenters. The van der Waals surface area contributed by atoms with E-state index in [1.165, 1.54) is 13.2 Å². The lowest BCUT2D eigenvalue weighted by Gasteiger charge is -2.23. The van der Waals surface area contributed by atoms with Crippen LogP contribution in [0.3, 0.4) is 0 Å². The molecule has 3 N–H and O–H groups in total. The Bertz CT molecular complexity index is 257. The Hall–Kier alpha value is -1.29. The molecule has 4 heteroatoms. The lowest BCUT2D eigenvalue weighted by molar-refractivity contribution is -0.141. The van der Waals surface area contributed by atoms with Crippen LogP contribution in [0.4, 0.5) is 0 Å². The summed E-state index contributed by atoms with van der Waals surface area (Å²) >= 11 is 0. The van der Waals surface area contributed by atoms with Crippen LogP contribution in [-0.2, 0) is 9.53 Å². The Labute approximate surface area is 70.3 Å². The molecule has 1 aliphatic carbocycles. The summed E-state index contributed by atoms with van der Waals surface area (Å²) in [6.07, 6.45) is 4.96. The van der Waals surface area contributed by atoms with E-state index in [0.29, 0.717) is 5.76 Å². The quantitative estimate of drug-likeness (QED) is 0.621. The molecule has 1 unspecified atom stereocenters. The number of allylic oxidation sites excluding steroid dienone is 2. The predicted octanol–water partition coefficient (Wildman–Crippen LogP) is 0.259. The Kier molecular flexibility index (Phi) is 2.19. The van der Waals surface area contributed by atoms with E-state index in [1.807, 2.05) is 0 Å². The highest BCUT2D eigenvalue weighted by Crippen LogP contribution is 2.21. The Morgan fingerprint density at radius 2 is 2.50 bits per heavy atom. The van der Waals surface area contributed by atoms with E-state index in [4.69, 9.17) is 15.6 Å². The average molecular weight is 169 g/mol. The first-order valence-corrected chi connectivity index (χ1v) is 3.53. The summed E-state index contributed by atoms with van der Waals surface area (Å²) in [5.41, 5.74) is 4.26. The summed E-state index contributed by atoms with van der Waals surface area (Å²) in [6.45, 7) is 0. The van der Waals surface area contributed by atoms with Crippen molar-refractivity contribution >= 4 is 5.97 Å². The maximum absolute atomic E-state index is 10.7. The first-order chi connectivity index (χ1) is 5.58. The summed E-state index contributed by atoms with van der Waals surface area (Å²) in [4.78, 5) is 10.7. The summed E-state index contributed by atoms with van der Waals surface area (Å²) in [5, 5.41) is 8.75. The topological polar surface area (TPSA) is 72.5 Å². The van der Waals surface area contributed by atoms with Crippen LogP contribution in [0.25, 0.3) is 0 Å². The van der Waals surface area contributed by atoms with Crippen LogP contribution in [0.5, 0.6) is 0 Å². The first-order valence-electron chi connectivity index (χ1n) is 3.53. The second-order valence-electron chi connectivity index (χ2n) is 2.72. The zero-order chi connectivity index (χ0) is 9.19. The van der Waals surface area contributed by atoms with Gasteiger partial charge in [-0.1, -0.05) is 12.2 Å². The third-order valence-corrected chi connectivity index (χ3v) is 1.80. The van der Waals surface area contributed by atoms with Gasteiger partial charge < -0.3 is 15.6 Å². The van der Waals surface area contributed by atoms with Gasteiger partial charge in [0.25, 0.3) is 0 Å². The zero-order valence-electron chi connectivity index (χ0n) is 6.78. The van der Waals surface area contributed by atoms with E-state index < -0.39 is 11.5 Å². The van der Waals surface area contributed by atoms with Crippen LogP contribution < -0.4 is 5.73 Å². The second kappa shape index (κ2) is 2.98. The smallest absolute Gasteiger partial charge is 0.328 e. The van der Waals surface area contributed by atoms with Gasteiger partial charge in [0.05, 0.1) is 12.9 Å². The Morgan fingerprint density at radius 3 is 3.00 bits per heavy atom. The molecule has 1 aliphatic rings. The highest BCUT2D eigenvalue weighted by molar-refractivity contribution is 5.82. The number of methoxy groups -OCH3 is 1. The molecule has 0 spiro atoms. The van der Waals surface area contributed by atoms with Crippen molar-refractivity contribution in [3.05, 3.63) is 24.0 Å². The number of hydrogen-bond donors (Lipinski definition) is 2. The lowest BCUT2D eigenvalue weighted by atomic mass is 9.91. The standard InChI is InChI=1S/C8H11NO3/c1-12-6-3-2-4-8(9,5-6)7(10)11/h2-4H,5,9H2,1H3,(H,10,11). The summed E-state index contributed by atoms with van der Waals surface area (Å²) in [7, 11) is 1.49. The van der Waals surface area contributed by atoms with Gasteiger partial charge in [0.1, 0.15) is 5.54 Å². The van der Waals surface area contributed by atoms with Crippen molar-refractivity contribution in [3.8, 4) is 0 Å². The minimum absolute atomic E-state index is 0.204.